The number of benzene rings is 2. The molecule has 1 amide bonds. The summed E-state index contributed by atoms with van der Waals surface area (Å²) in [7, 11) is 0. The van der Waals surface area contributed by atoms with Crippen LogP contribution in [0.5, 0.6) is 0 Å². The van der Waals surface area contributed by atoms with Crippen molar-refractivity contribution in [2.45, 2.75) is 57.5 Å². The number of imidazole rings is 1. The van der Waals surface area contributed by atoms with Crippen LogP contribution in [0.2, 0.25) is 0 Å². The standard InChI is InChI=1S/C30H31FN4O3/c1-19-7-5-8-21(17-19)25(18-26(36)37)33-30(38)24-11-6-16-35-28(24)34-27(20-12-14-22(31)15-13-20)29(35)32-23-9-3-2-4-10-23/h5-8,11-17,23,25,32H,2-4,9-10,18H2,1H3,(H,33,38)(H,36,37). The van der Waals surface area contributed by atoms with Gasteiger partial charge in [0, 0.05) is 17.8 Å². The van der Waals surface area contributed by atoms with E-state index in [9.17, 15) is 19.1 Å². The summed E-state index contributed by atoms with van der Waals surface area (Å²) < 4.78 is 15.6. The lowest BCUT2D eigenvalue weighted by molar-refractivity contribution is -0.137. The van der Waals surface area contributed by atoms with E-state index in [1.54, 1.807) is 24.3 Å². The molecule has 4 aromatic rings. The van der Waals surface area contributed by atoms with Gasteiger partial charge in [-0.15, -0.1) is 0 Å². The fourth-order valence-corrected chi connectivity index (χ4v) is 5.18. The van der Waals surface area contributed by atoms with Gasteiger partial charge in [-0.1, -0.05) is 49.1 Å². The molecule has 7 nitrogen and oxygen atoms in total. The average Bonchev–Trinajstić information content (AvgIpc) is 3.27. The molecule has 5 rings (SSSR count). The second-order valence-corrected chi connectivity index (χ2v) is 9.95. The number of carboxylic acid groups (broad SMARTS) is 1. The monoisotopic (exact) mass is 514 g/mol. The summed E-state index contributed by atoms with van der Waals surface area (Å²) in [6, 6.07) is 16.7. The summed E-state index contributed by atoms with van der Waals surface area (Å²) in [5.41, 5.74) is 3.85. The Balaban J connectivity index is 1.55. The summed E-state index contributed by atoms with van der Waals surface area (Å²) in [4.78, 5) is 30.0. The first-order valence-electron chi connectivity index (χ1n) is 13.0. The number of carboxylic acids is 1. The molecule has 196 valence electrons. The number of aliphatic carboxylic acids is 1. The number of hydrogen-bond donors (Lipinski definition) is 3. The van der Waals surface area contributed by atoms with Crippen molar-refractivity contribution in [1.29, 1.82) is 0 Å². The zero-order chi connectivity index (χ0) is 26.6. The van der Waals surface area contributed by atoms with Crippen molar-refractivity contribution in [3.63, 3.8) is 0 Å². The topological polar surface area (TPSA) is 95.7 Å². The van der Waals surface area contributed by atoms with Crippen molar-refractivity contribution in [3.05, 3.63) is 89.4 Å². The molecule has 0 spiro atoms. The highest BCUT2D eigenvalue weighted by atomic mass is 19.1. The number of carbonyl (C=O) groups excluding carboxylic acids is 1. The van der Waals surface area contributed by atoms with Gasteiger partial charge in [0.1, 0.15) is 17.3 Å². The number of anilines is 1. The SMILES string of the molecule is Cc1cccc(C(CC(=O)O)NC(=O)c2cccn3c(NC4CCCCC4)c(-c4ccc(F)cc4)nc23)c1. The Morgan fingerprint density at radius 2 is 1.84 bits per heavy atom. The maximum Gasteiger partial charge on any atom is 0.305 e. The number of halogens is 1. The number of rotatable bonds is 8. The van der Waals surface area contributed by atoms with E-state index < -0.39 is 17.9 Å². The fourth-order valence-electron chi connectivity index (χ4n) is 5.18. The minimum Gasteiger partial charge on any atom is -0.481 e. The molecule has 2 aromatic carbocycles. The van der Waals surface area contributed by atoms with Gasteiger partial charge >= 0.3 is 5.97 Å². The predicted molar refractivity (Wildman–Crippen MR) is 145 cm³/mol. The third-order valence-electron chi connectivity index (χ3n) is 7.09. The van der Waals surface area contributed by atoms with Gasteiger partial charge in [-0.3, -0.25) is 14.0 Å². The summed E-state index contributed by atoms with van der Waals surface area (Å²) in [6.07, 6.45) is 7.22. The second kappa shape index (κ2) is 11.0. The zero-order valence-corrected chi connectivity index (χ0v) is 21.3. The molecule has 1 aliphatic rings. The van der Waals surface area contributed by atoms with E-state index in [0.717, 1.165) is 48.2 Å². The van der Waals surface area contributed by atoms with Crippen molar-refractivity contribution in [2.24, 2.45) is 0 Å². The van der Waals surface area contributed by atoms with Crippen molar-refractivity contribution in [3.8, 4) is 11.3 Å². The number of aryl methyl sites for hydroxylation is 1. The van der Waals surface area contributed by atoms with E-state index >= 15 is 0 Å². The van der Waals surface area contributed by atoms with Crippen molar-refractivity contribution < 1.29 is 19.1 Å². The van der Waals surface area contributed by atoms with Crippen LogP contribution in [-0.2, 0) is 4.79 Å². The van der Waals surface area contributed by atoms with Crippen molar-refractivity contribution in [1.82, 2.24) is 14.7 Å². The van der Waals surface area contributed by atoms with Gasteiger partial charge in [0.2, 0.25) is 0 Å². The van der Waals surface area contributed by atoms with E-state index in [0.29, 0.717) is 16.9 Å². The number of pyridine rings is 1. The highest BCUT2D eigenvalue weighted by Gasteiger charge is 2.25. The highest BCUT2D eigenvalue weighted by Crippen LogP contribution is 2.33. The molecular formula is C30H31FN4O3. The molecule has 2 heterocycles. The Labute approximate surface area is 220 Å². The van der Waals surface area contributed by atoms with Crippen LogP contribution in [0, 0.1) is 12.7 Å². The summed E-state index contributed by atoms with van der Waals surface area (Å²) in [5, 5.41) is 16.1. The first kappa shape index (κ1) is 25.4. The van der Waals surface area contributed by atoms with Gasteiger partial charge in [-0.05, 0) is 61.7 Å². The smallest absolute Gasteiger partial charge is 0.305 e. The second-order valence-electron chi connectivity index (χ2n) is 9.95. The van der Waals surface area contributed by atoms with Crippen LogP contribution in [0.1, 0.15) is 66.1 Å². The Bertz CT molecular complexity index is 1460. The number of aromatic nitrogens is 2. The largest absolute Gasteiger partial charge is 0.481 e. The molecule has 0 bridgehead atoms. The van der Waals surface area contributed by atoms with Gasteiger partial charge in [0.25, 0.3) is 5.91 Å². The summed E-state index contributed by atoms with van der Waals surface area (Å²) >= 11 is 0. The van der Waals surface area contributed by atoms with Gasteiger partial charge in [0.05, 0.1) is 18.0 Å². The number of nitrogens with zero attached hydrogens (tertiary/aromatic N) is 2. The van der Waals surface area contributed by atoms with E-state index in [2.05, 4.69) is 10.6 Å². The van der Waals surface area contributed by atoms with E-state index in [4.69, 9.17) is 4.98 Å². The van der Waals surface area contributed by atoms with Gasteiger partial charge in [-0.2, -0.15) is 0 Å². The molecule has 1 fully saturated rings. The normalized spacial score (nSPS) is 14.8. The fraction of sp³-hybridized carbons (Fsp3) is 0.300. The molecule has 1 aliphatic carbocycles. The molecule has 1 unspecified atom stereocenters. The number of hydrogen-bond acceptors (Lipinski definition) is 4. The molecular weight excluding hydrogens is 483 g/mol. The highest BCUT2D eigenvalue weighted by molar-refractivity contribution is 6.01. The average molecular weight is 515 g/mol. The minimum absolute atomic E-state index is 0.248. The predicted octanol–water partition coefficient (Wildman–Crippen LogP) is 6.14. The summed E-state index contributed by atoms with van der Waals surface area (Å²) in [6.45, 7) is 1.92. The van der Waals surface area contributed by atoms with Crippen LogP contribution in [0.25, 0.3) is 16.9 Å². The Morgan fingerprint density at radius 3 is 2.55 bits per heavy atom. The lowest BCUT2D eigenvalue weighted by Gasteiger charge is -2.24. The molecule has 1 saturated carbocycles. The Hall–Kier alpha value is -4.20. The minimum atomic E-state index is -1.01. The lowest BCUT2D eigenvalue weighted by Crippen LogP contribution is -2.30. The molecule has 0 aliphatic heterocycles. The van der Waals surface area contributed by atoms with Gasteiger partial charge in [-0.25, -0.2) is 9.37 Å². The van der Waals surface area contributed by atoms with E-state index in [1.165, 1.54) is 18.6 Å². The van der Waals surface area contributed by atoms with Crippen LogP contribution in [-0.4, -0.2) is 32.4 Å². The quantitative estimate of drug-likeness (QED) is 0.263. The van der Waals surface area contributed by atoms with Crippen LogP contribution in [0.15, 0.2) is 66.9 Å². The molecule has 1 atom stereocenters. The first-order valence-corrected chi connectivity index (χ1v) is 13.0. The maximum absolute atomic E-state index is 13.7. The Kier molecular flexibility index (Phi) is 7.40. The van der Waals surface area contributed by atoms with Gasteiger partial charge in [0.15, 0.2) is 5.65 Å². The number of amides is 1. The molecule has 3 N–H and O–H groups in total. The molecule has 38 heavy (non-hydrogen) atoms. The molecule has 0 radical (unpaired) electrons. The van der Waals surface area contributed by atoms with Crippen LogP contribution >= 0.6 is 0 Å². The van der Waals surface area contributed by atoms with Crippen LogP contribution < -0.4 is 10.6 Å². The number of nitrogens with one attached hydrogen (secondary N) is 2. The third-order valence-corrected chi connectivity index (χ3v) is 7.09. The van der Waals surface area contributed by atoms with Gasteiger partial charge < -0.3 is 15.7 Å². The van der Waals surface area contributed by atoms with Crippen molar-refractivity contribution in [2.75, 3.05) is 5.32 Å². The lowest BCUT2D eigenvalue weighted by atomic mass is 9.95. The van der Waals surface area contributed by atoms with Crippen LogP contribution in [0.4, 0.5) is 10.2 Å². The van der Waals surface area contributed by atoms with E-state index in [-0.39, 0.29) is 18.3 Å². The molecule has 8 heteroatoms. The van der Waals surface area contributed by atoms with E-state index in [1.807, 2.05) is 41.8 Å². The van der Waals surface area contributed by atoms with Crippen molar-refractivity contribution >= 4 is 23.3 Å². The third kappa shape index (κ3) is 5.54. The maximum atomic E-state index is 13.7. The van der Waals surface area contributed by atoms with Crippen LogP contribution in [0.3, 0.4) is 0 Å². The molecule has 2 aromatic heterocycles. The summed E-state index contributed by atoms with van der Waals surface area (Å²) in [5.74, 6) is -0.995. The molecule has 0 saturated heterocycles. The Morgan fingerprint density at radius 1 is 1.08 bits per heavy atom. The first-order chi connectivity index (χ1) is 18.4. The number of carbonyl (C=O) groups is 2. The number of fused-ring (bicyclic) bond motifs is 1. The zero-order valence-electron chi connectivity index (χ0n) is 21.3.